The number of carbonyl (C=O) groups excluding carboxylic acids is 1. The number of anilines is 1. The Morgan fingerprint density at radius 2 is 1.81 bits per heavy atom. The van der Waals surface area contributed by atoms with Gasteiger partial charge in [-0.3, -0.25) is 4.79 Å². The number of aromatic nitrogens is 1. The van der Waals surface area contributed by atoms with Gasteiger partial charge in [0.1, 0.15) is 5.69 Å². The lowest BCUT2D eigenvalue weighted by Gasteiger charge is -1.97. The van der Waals surface area contributed by atoms with Gasteiger partial charge in [0, 0.05) is 24.5 Å². The van der Waals surface area contributed by atoms with Gasteiger partial charge in [-0.1, -0.05) is 12.1 Å². The zero-order valence-corrected chi connectivity index (χ0v) is 8.97. The molecule has 0 bridgehead atoms. The van der Waals surface area contributed by atoms with E-state index in [-0.39, 0.29) is 0 Å². The Balaban J connectivity index is 2.45. The molecule has 16 heavy (non-hydrogen) atoms. The van der Waals surface area contributed by atoms with E-state index in [4.69, 9.17) is 11.5 Å². The lowest BCUT2D eigenvalue weighted by atomic mass is 10.1. The van der Waals surface area contributed by atoms with Crippen LogP contribution >= 0.6 is 0 Å². The van der Waals surface area contributed by atoms with Crippen molar-refractivity contribution in [3.05, 3.63) is 42.2 Å². The van der Waals surface area contributed by atoms with Gasteiger partial charge >= 0.3 is 0 Å². The van der Waals surface area contributed by atoms with E-state index in [9.17, 15) is 4.79 Å². The molecule has 0 atom stereocenters. The van der Waals surface area contributed by atoms with Gasteiger partial charge in [-0.2, -0.15) is 0 Å². The highest BCUT2D eigenvalue weighted by molar-refractivity contribution is 5.93. The fourth-order valence-corrected chi connectivity index (χ4v) is 1.64. The summed E-state index contributed by atoms with van der Waals surface area (Å²) in [6, 6.07) is 9.25. The Bertz CT molecular complexity index is 526. The Kier molecular flexibility index (Phi) is 2.40. The number of nitrogens with two attached hydrogens (primary N) is 2. The molecule has 1 aromatic heterocycles. The molecule has 2 aromatic rings. The first-order valence-corrected chi connectivity index (χ1v) is 4.90. The van der Waals surface area contributed by atoms with Crippen molar-refractivity contribution in [2.75, 3.05) is 5.73 Å². The van der Waals surface area contributed by atoms with Crippen LogP contribution in [-0.4, -0.2) is 10.5 Å². The normalized spacial score (nSPS) is 10.3. The minimum absolute atomic E-state index is 0.427. The van der Waals surface area contributed by atoms with Gasteiger partial charge in [-0.25, -0.2) is 0 Å². The van der Waals surface area contributed by atoms with E-state index < -0.39 is 5.91 Å². The van der Waals surface area contributed by atoms with Crippen LogP contribution in [-0.2, 0) is 7.05 Å². The molecule has 4 heteroatoms. The van der Waals surface area contributed by atoms with Gasteiger partial charge < -0.3 is 16.0 Å². The molecule has 0 saturated heterocycles. The van der Waals surface area contributed by atoms with Crippen LogP contribution < -0.4 is 11.5 Å². The smallest absolute Gasteiger partial charge is 0.265 e. The Morgan fingerprint density at radius 3 is 2.31 bits per heavy atom. The molecule has 0 fully saturated rings. The molecule has 0 aliphatic carbocycles. The van der Waals surface area contributed by atoms with Gasteiger partial charge in [-0.05, 0) is 23.8 Å². The number of nitrogens with zero attached hydrogens (tertiary/aromatic N) is 1. The summed E-state index contributed by atoms with van der Waals surface area (Å²) in [6.45, 7) is 0. The first kappa shape index (κ1) is 10.3. The molecule has 0 aliphatic heterocycles. The highest BCUT2D eigenvalue weighted by Gasteiger charge is 2.08. The molecular formula is C12H13N3O. The van der Waals surface area contributed by atoms with E-state index in [1.165, 1.54) is 0 Å². The summed E-state index contributed by atoms with van der Waals surface area (Å²) in [4.78, 5) is 11.1. The first-order valence-electron chi connectivity index (χ1n) is 4.90. The molecule has 2 rings (SSSR count). The highest BCUT2D eigenvalue weighted by Crippen LogP contribution is 2.22. The first-order chi connectivity index (χ1) is 7.58. The molecule has 0 radical (unpaired) electrons. The van der Waals surface area contributed by atoms with Crippen LogP contribution in [0.1, 0.15) is 10.5 Å². The average Bonchev–Trinajstić information content (AvgIpc) is 2.61. The monoisotopic (exact) mass is 215 g/mol. The molecular weight excluding hydrogens is 202 g/mol. The van der Waals surface area contributed by atoms with Crippen molar-refractivity contribution in [3.63, 3.8) is 0 Å². The Morgan fingerprint density at radius 1 is 1.19 bits per heavy atom. The molecule has 0 aliphatic rings. The summed E-state index contributed by atoms with van der Waals surface area (Å²) < 4.78 is 1.72. The molecule has 1 heterocycles. The number of primary amides is 1. The molecule has 1 aromatic carbocycles. The van der Waals surface area contributed by atoms with Crippen LogP contribution in [0.5, 0.6) is 0 Å². The third-order valence-electron chi connectivity index (χ3n) is 2.50. The Hall–Kier alpha value is -2.23. The number of carbonyl (C=O) groups is 1. The van der Waals surface area contributed by atoms with Crippen LogP contribution in [0.25, 0.3) is 11.1 Å². The number of amides is 1. The summed E-state index contributed by atoms with van der Waals surface area (Å²) in [6.07, 6.45) is 1.87. The second-order valence-electron chi connectivity index (χ2n) is 3.71. The van der Waals surface area contributed by atoms with Crippen LogP contribution in [0.2, 0.25) is 0 Å². The van der Waals surface area contributed by atoms with E-state index in [1.807, 2.05) is 30.5 Å². The molecule has 4 N–H and O–H groups in total. The van der Waals surface area contributed by atoms with E-state index in [0.717, 1.165) is 16.8 Å². The van der Waals surface area contributed by atoms with Crippen LogP contribution in [0.4, 0.5) is 5.69 Å². The number of nitrogen functional groups attached to an aromatic ring is 1. The molecule has 82 valence electrons. The van der Waals surface area contributed by atoms with Crippen molar-refractivity contribution in [1.29, 1.82) is 0 Å². The minimum atomic E-state index is -0.427. The topological polar surface area (TPSA) is 74.0 Å². The van der Waals surface area contributed by atoms with Crippen molar-refractivity contribution < 1.29 is 4.79 Å². The third-order valence-corrected chi connectivity index (χ3v) is 2.50. The number of rotatable bonds is 2. The summed E-state index contributed by atoms with van der Waals surface area (Å²) in [5.41, 5.74) is 14.0. The fraction of sp³-hybridized carbons (Fsp3) is 0.0833. The standard InChI is InChI=1S/C12H13N3O/c1-15-7-9(6-11(15)12(14)16)8-2-4-10(13)5-3-8/h2-7H,13H2,1H3,(H2,14,16). The largest absolute Gasteiger partial charge is 0.399 e. The van der Waals surface area contributed by atoms with Crippen molar-refractivity contribution in [2.45, 2.75) is 0 Å². The summed E-state index contributed by atoms with van der Waals surface area (Å²) in [5.74, 6) is -0.427. The zero-order chi connectivity index (χ0) is 11.7. The fourth-order valence-electron chi connectivity index (χ4n) is 1.64. The summed E-state index contributed by atoms with van der Waals surface area (Å²) in [7, 11) is 1.79. The van der Waals surface area contributed by atoms with Crippen LogP contribution in [0.3, 0.4) is 0 Å². The van der Waals surface area contributed by atoms with E-state index in [0.29, 0.717) is 5.69 Å². The van der Waals surface area contributed by atoms with Gasteiger partial charge in [0.15, 0.2) is 0 Å². The van der Waals surface area contributed by atoms with E-state index in [1.54, 1.807) is 17.7 Å². The second-order valence-corrected chi connectivity index (χ2v) is 3.71. The molecule has 0 unspecified atom stereocenters. The zero-order valence-electron chi connectivity index (χ0n) is 8.97. The maximum absolute atomic E-state index is 11.1. The molecule has 0 saturated carbocycles. The predicted octanol–water partition coefficient (Wildman–Crippen LogP) is 1.37. The summed E-state index contributed by atoms with van der Waals surface area (Å²) >= 11 is 0. The predicted molar refractivity (Wildman–Crippen MR) is 63.8 cm³/mol. The lowest BCUT2D eigenvalue weighted by Crippen LogP contribution is -2.14. The highest BCUT2D eigenvalue weighted by atomic mass is 16.1. The van der Waals surface area contributed by atoms with Gasteiger partial charge in [-0.15, -0.1) is 0 Å². The minimum Gasteiger partial charge on any atom is -0.399 e. The third kappa shape index (κ3) is 1.77. The van der Waals surface area contributed by atoms with Crippen LogP contribution in [0, 0.1) is 0 Å². The summed E-state index contributed by atoms with van der Waals surface area (Å²) in [5, 5.41) is 0. The number of hydrogen-bond donors (Lipinski definition) is 2. The average molecular weight is 215 g/mol. The van der Waals surface area contributed by atoms with Crippen LogP contribution in [0.15, 0.2) is 36.5 Å². The molecule has 0 spiro atoms. The van der Waals surface area contributed by atoms with Gasteiger partial charge in [0.2, 0.25) is 0 Å². The molecule has 1 amide bonds. The SMILES string of the molecule is Cn1cc(-c2ccc(N)cc2)cc1C(N)=O. The van der Waals surface area contributed by atoms with Crippen molar-refractivity contribution >= 4 is 11.6 Å². The van der Waals surface area contributed by atoms with E-state index >= 15 is 0 Å². The number of aryl methyl sites for hydroxylation is 1. The lowest BCUT2D eigenvalue weighted by molar-refractivity contribution is 0.0992. The van der Waals surface area contributed by atoms with Crippen molar-refractivity contribution in [2.24, 2.45) is 12.8 Å². The van der Waals surface area contributed by atoms with E-state index in [2.05, 4.69) is 0 Å². The number of hydrogen-bond acceptors (Lipinski definition) is 2. The maximum Gasteiger partial charge on any atom is 0.265 e. The second kappa shape index (κ2) is 3.73. The number of benzene rings is 1. The Labute approximate surface area is 93.5 Å². The van der Waals surface area contributed by atoms with Gasteiger partial charge in [0.05, 0.1) is 0 Å². The van der Waals surface area contributed by atoms with Crippen molar-refractivity contribution in [1.82, 2.24) is 4.57 Å². The maximum atomic E-state index is 11.1. The van der Waals surface area contributed by atoms with Gasteiger partial charge in [0.25, 0.3) is 5.91 Å². The quantitative estimate of drug-likeness (QED) is 0.742. The van der Waals surface area contributed by atoms with Crippen molar-refractivity contribution in [3.8, 4) is 11.1 Å². The molecule has 4 nitrogen and oxygen atoms in total.